The van der Waals surface area contributed by atoms with Gasteiger partial charge in [-0.3, -0.25) is 0 Å². The highest BCUT2D eigenvalue weighted by atomic mass is 127. The molecule has 15 heavy (non-hydrogen) atoms. The third kappa shape index (κ3) is 4.86. The van der Waals surface area contributed by atoms with E-state index in [2.05, 4.69) is 92.1 Å². The molecule has 0 aliphatic rings. The van der Waals surface area contributed by atoms with Gasteiger partial charge in [0.15, 0.2) is 0 Å². The summed E-state index contributed by atoms with van der Waals surface area (Å²) in [6, 6.07) is 4.35. The molecule has 0 aliphatic carbocycles. The molecule has 0 unspecified atom stereocenters. The van der Waals surface area contributed by atoms with Gasteiger partial charge in [0, 0.05) is 22.9 Å². The van der Waals surface area contributed by atoms with Gasteiger partial charge in [0.1, 0.15) is 0 Å². The lowest BCUT2D eigenvalue weighted by molar-refractivity contribution is 0.290. The minimum Gasteiger partial charge on any atom is -0.396 e. The predicted octanol–water partition coefficient (Wildman–Crippen LogP) is 4.29. The van der Waals surface area contributed by atoms with E-state index < -0.39 is 0 Å². The molecule has 0 aliphatic heterocycles. The number of aliphatic hydroxyl groups is 1. The molecule has 0 atom stereocenters. The van der Waals surface area contributed by atoms with Gasteiger partial charge in [-0.2, -0.15) is 0 Å². The van der Waals surface area contributed by atoms with Crippen molar-refractivity contribution in [1.82, 2.24) is 0 Å². The Balaban J connectivity index is 2.80. The molecule has 0 amide bonds. The summed E-state index contributed by atoms with van der Waals surface area (Å²) >= 11 is 7.06. The number of hydrogen-bond donors (Lipinski definition) is 1. The minimum atomic E-state index is 0.269. The monoisotopic (exact) mass is 540 g/mol. The van der Waals surface area contributed by atoms with Gasteiger partial charge >= 0.3 is 0 Å². The number of benzene rings is 1. The van der Waals surface area contributed by atoms with Gasteiger partial charge in [0.2, 0.25) is 0 Å². The molecular formula is C11H11I3O. The molecule has 0 bridgehead atoms. The predicted molar refractivity (Wildman–Crippen MR) is 89.9 cm³/mol. The van der Waals surface area contributed by atoms with Crippen LogP contribution in [0.15, 0.2) is 18.2 Å². The molecule has 0 aromatic heterocycles. The molecule has 1 rings (SSSR count). The van der Waals surface area contributed by atoms with Crippen molar-refractivity contribution in [1.29, 1.82) is 0 Å². The second-order valence-corrected chi connectivity index (χ2v) is 6.62. The molecule has 0 saturated heterocycles. The normalized spacial score (nSPS) is 11.2. The van der Waals surface area contributed by atoms with Crippen molar-refractivity contribution in [2.24, 2.45) is 0 Å². The standard InChI is InChI=1S/C11H11I3O/c12-8-6-10(13)9(11(14)7-8)4-2-1-3-5-15/h2,4,6-7,15H,1,3,5H2. The number of rotatable bonds is 4. The van der Waals surface area contributed by atoms with Crippen molar-refractivity contribution in [3.63, 3.8) is 0 Å². The maximum atomic E-state index is 8.67. The third-order valence-corrected chi connectivity index (χ3v) is 4.27. The van der Waals surface area contributed by atoms with Crippen LogP contribution in [0.25, 0.3) is 6.08 Å². The van der Waals surface area contributed by atoms with Gasteiger partial charge in [-0.15, -0.1) is 0 Å². The summed E-state index contributed by atoms with van der Waals surface area (Å²) in [5.74, 6) is 0. The van der Waals surface area contributed by atoms with Crippen LogP contribution in [0, 0.1) is 10.7 Å². The number of allylic oxidation sites excluding steroid dienone is 1. The maximum Gasteiger partial charge on any atom is 0.0433 e. The first-order chi connectivity index (χ1) is 7.15. The van der Waals surface area contributed by atoms with Crippen molar-refractivity contribution in [2.45, 2.75) is 12.8 Å². The van der Waals surface area contributed by atoms with Gasteiger partial charge in [-0.25, -0.2) is 0 Å². The summed E-state index contributed by atoms with van der Waals surface area (Å²) in [5, 5.41) is 8.67. The van der Waals surface area contributed by atoms with Crippen LogP contribution in [0.4, 0.5) is 0 Å². The van der Waals surface area contributed by atoms with E-state index in [-0.39, 0.29) is 6.61 Å². The Morgan fingerprint density at radius 3 is 2.27 bits per heavy atom. The third-order valence-electron chi connectivity index (χ3n) is 1.86. The fourth-order valence-electron chi connectivity index (χ4n) is 1.12. The molecule has 0 fully saturated rings. The molecule has 0 saturated carbocycles. The van der Waals surface area contributed by atoms with Crippen LogP contribution in [0.3, 0.4) is 0 Å². The first-order valence-electron chi connectivity index (χ1n) is 4.57. The molecule has 0 heterocycles. The minimum absolute atomic E-state index is 0.269. The number of halogens is 3. The van der Waals surface area contributed by atoms with Crippen LogP contribution in [-0.2, 0) is 0 Å². The summed E-state index contributed by atoms with van der Waals surface area (Å²) in [5.41, 5.74) is 1.29. The molecular weight excluding hydrogens is 529 g/mol. The van der Waals surface area contributed by atoms with E-state index in [9.17, 15) is 0 Å². The number of aliphatic hydroxyl groups excluding tert-OH is 1. The van der Waals surface area contributed by atoms with Gasteiger partial charge < -0.3 is 5.11 Å². The summed E-state index contributed by atoms with van der Waals surface area (Å²) in [4.78, 5) is 0. The molecule has 1 aromatic carbocycles. The number of unbranched alkanes of at least 4 members (excludes halogenated alkanes) is 1. The Bertz CT molecular complexity index is 338. The SMILES string of the molecule is OCCCC=Cc1c(I)cc(I)cc1I. The Kier molecular flexibility index (Phi) is 7.03. The summed E-state index contributed by atoms with van der Waals surface area (Å²) < 4.78 is 3.84. The average Bonchev–Trinajstić information content (AvgIpc) is 2.15. The highest BCUT2D eigenvalue weighted by Crippen LogP contribution is 2.23. The summed E-state index contributed by atoms with van der Waals surface area (Å²) in [7, 11) is 0. The zero-order chi connectivity index (χ0) is 11.3. The highest BCUT2D eigenvalue weighted by Gasteiger charge is 2.02. The lowest BCUT2D eigenvalue weighted by Crippen LogP contribution is -1.88. The molecule has 0 radical (unpaired) electrons. The zero-order valence-electron chi connectivity index (χ0n) is 8.01. The van der Waals surface area contributed by atoms with E-state index in [0.29, 0.717) is 0 Å². The quantitative estimate of drug-likeness (QED) is 0.447. The molecule has 1 N–H and O–H groups in total. The Labute approximate surface area is 131 Å². The molecule has 0 spiro atoms. The van der Waals surface area contributed by atoms with Crippen molar-refractivity contribution >= 4 is 73.8 Å². The fraction of sp³-hybridized carbons (Fsp3) is 0.273. The van der Waals surface area contributed by atoms with Gasteiger partial charge in [0.25, 0.3) is 0 Å². The molecule has 1 aromatic rings. The van der Waals surface area contributed by atoms with Gasteiger partial charge in [0.05, 0.1) is 0 Å². The van der Waals surface area contributed by atoms with Crippen molar-refractivity contribution < 1.29 is 5.11 Å². The van der Waals surface area contributed by atoms with Crippen LogP contribution in [0.1, 0.15) is 18.4 Å². The van der Waals surface area contributed by atoms with E-state index in [1.807, 2.05) is 0 Å². The summed E-state index contributed by atoms with van der Waals surface area (Å²) in [6.45, 7) is 0.269. The van der Waals surface area contributed by atoms with Crippen molar-refractivity contribution in [3.8, 4) is 0 Å². The summed E-state index contributed by atoms with van der Waals surface area (Å²) in [6.07, 6.45) is 6.06. The Morgan fingerprint density at radius 1 is 1.13 bits per heavy atom. The Morgan fingerprint density at radius 2 is 1.73 bits per heavy atom. The first-order valence-corrected chi connectivity index (χ1v) is 7.80. The molecule has 82 valence electrons. The van der Waals surface area contributed by atoms with Crippen LogP contribution in [-0.4, -0.2) is 11.7 Å². The largest absolute Gasteiger partial charge is 0.396 e. The van der Waals surface area contributed by atoms with Crippen molar-refractivity contribution in [2.75, 3.05) is 6.61 Å². The van der Waals surface area contributed by atoms with E-state index in [4.69, 9.17) is 5.11 Å². The lowest BCUT2D eigenvalue weighted by Gasteiger charge is -2.03. The van der Waals surface area contributed by atoms with Crippen molar-refractivity contribution in [3.05, 3.63) is 34.5 Å². The van der Waals surface area contributed by atoms with E-state index in [0.717, 1.165) is 12.8 Å². The topological polar surface area (TPSA) is 20.2 Å². The Hall–Kier alpha value is 1.11. The molecule has 4 heteroatoms. The second-order valence-electron chi connectivity index (χ2n) is 3.05. The number of hydrogen-bond acceptors (Lipinski definition) is 1. The average molecular weight is 540 g/mol. The van der Waals surface area contributed by atoms with E-state index in [1.54, 1.807) is 0 Å². The maximum absolute atomic E-state index is 8.67. The van der Waals surface area contributed by atoms with Gasteiger partial charge in [-0.1, -0.05) is 12.2 Å². The van der Waals surface area contributed by atoms with E-state index >= 15 is 0 Å². The van der Waals surface area contributed by atoms with Crippen LogP contribution in [0.2, 0.25) is 0 Å². The first kappa shape index (κ1) is 14.2. The lowest BCUT2D eigenvalue weighted by atomic mass is 10.2. The van der Waals surface area contributed by atoms with Crippen LogP contribution >= 0.6 is 67.8 Å². The van der Waals surface area contributed by atoms with Crippen LogP contribution < -0.4 is 0 Å². The van der Waals surface area contributed by atoms with Gasteiger partial charge in [-0.05, 0) is 92.7 Å². The highest BCUT2D eigenvalue weighted by molar-refractivity contribution is 14.1. The fourth-order valence-corrected chi connectivity index (χ4v) is 5.07. The zero-order valence-corrected chi connectivity index (χ0v) is 14.5. The smallest absolute Gasteiger partial charge is 0.0433 e. The second kappa shape index (κ2) is 7.44. The van der Waals surface area contributed by atoms with E-state index in [1.165, 1.54) is 16.3 Å². The molecule has 1 nitrogen and oxygen atoms in total. The van der Waals surface area contributed by atoms with Crippen LogP contribution in [0.5, 0.6) is 0 Å².